The van der Waals surface area contributed by atoms with Crippen LogP contribution in [0, 0.1) is 0 Å². The number of carbonyl (C=O) groups is 3. The Labute approximate surface area is 179 Å². The predicted molar refractivity (Wildman–Crippen MR) is 116 cm³/mol. The molecule has 1 aliphatic rings. The average Bonchev–Trinajstić information content (AvgIpc) is 2.73. The predicted octanol–water partition coefficient (Wildman–Crippen LogP) is 4.13. The van der Waals surface area contributed by atoms with E-state index in [1.54, 1.807) is 18.2 Å². The largest absolute Gasteiger partial charge is 0.493 e. The molecule has 6 nitrogen and oxygen atoms in total. The van der Waals surface area contributed by atoms with Crippen LogP contribution in [0.25, 0.3) is 0 Å². The van der Waals surface area contributed by atoms with E-state index in [1.807, 2.05) is 6.92 Å². The minimum atomic E-state index is -1.45. The van der Waals surface area contributed by atoms with E-state index in [1.165, 1.54) is 27.1 Å². The normalized spacial score (nSPS) is 16.8. The molecule has 0 heterocycles. The molecule has 0 aromatic heterocycles. The Bertz CT molecular complexity index is 742. The minimum Gasteiger partial charge on any atom is -0.493 e. The third-order valence-electron chi connectivity index (χ3n) is 5.96. The van der Waals surface area contributed by atoms with Crippen molar-refractivity contribution in [1.82, 2.24) is 5.32 Å². The summed E-state index contributed by atoms with van der Waals surface area (Å²) in [6.07, 6.45) is 6.38. The van der Waals surface area contributed by atoms with E-state index in [0.29, 0.717) is 36.3 Å². The Kier molecular flexibility index (Phi) is 8.88. The second kappa shape index (κ2) is 11.1. The van der Waals surface area contributed by atoms with Gasteiger partial charge in [-0.1, -0.05) is 38.7 Å². The molecule has 1 atom stereocenters. The maximum absolute atomic E-state index is 13.1. The van der Waals surface area contributed by atoms with Gasteiger partial charge in [-0.25, -0.2) is 0 Å². The van der Waals surface area contributed by atoms with Crippen molar-refractivity contribution in [3.8, 4) is 11.5 Å². The molecule has 0 aliphatic heterocycles. The molecule has 0 bridgehead atoms. The maximum atomic E-state index is 13.1. The smallest absolute Gasteiger partial charge is 0.222 e. The molecule has 1 saturated carbocycles. The van der Waals surface area contributed by atoms with Crippen LogP contribution < -0.4 is 14.8 Å². The molecule has 166 valence electrons. The van der Waals surface area contributed by atoms with Gasteiger partial charge in [0.05, 0.1) is 20.6 Å². The van der Waals surface area contributed by atoms with Gasteiger partial charge in [-0.2, -0.15) is 0 Å². The number of hydrogen-bond acceptors (Lipinski definition) is 5. The Morgan fingerprint density at radius 2 is 1.73 bits per heavy atom. The van der Waals surface area contributed by atoms with Gasteiger partial charge in [0.25, 0.3) is 0 Å². The third-order valence-corrected chi connectivity index (χ3v) is 5.96. The van der Waals surface area contributed by atoms with Crippen LogP contribution in [0.5, 0.6) is 11.5 Å². The van der Waals surface area contributed by atoms with Crippen molar-refractivity contribution >= 4 is 17.5 Å². The number of ketones is 2. The molecule has 1 aromatic rings. The lowest BCUT2D eigenvalue weighted by Crippen LogP contribution is -2.50. The van der Waals surface area contributed by atoms with E-state index in [2.05, 4.69) is 12.2 Å². The van der Waals surface area contributed by atoms with Crippen molar-refractivity contribution in [2.75, 3.05) is 14.2 Å². The fourth-order valence-corrected chi connectivity index (χ4v) is 4.23. The number of amides is 1. The fourth-order valence-electron chi connectivity index (χ4n) is 4.23. The van der Waals surface area contributed by atoms with Crippen molar-refractivity contribution in [2.24, 2.45) is 0 Å². The second-order valence-electron chi connectivity index (χ2n) is 8.17. The van der Waals surface area contributed by atoms with Crippen molar-refractivity contribution in [2.45, 2.75) is 83.1 Å². The molecular weight excluding hydrogens is 382 g/mol. The van der Waals surface area contributed by atoms with E-state index in [4.69, 9.17) is 9.47 Å². The first-order chi connectivity index (χ1) is 14.4. The zero-order chi connectivity index (χ0) is 22.1. The summed E-state index contributed by atoms with van der Waals surface area (Å²) in [5, 5.41) is 2.99. The molecule has 1 fully saturated rings. The first-order valence-corrected chi connectivity index (χ1v) is 11.0. The average molecular weight is 418 g/mol. The lowest BCUT2D eigenvalue weighted by Gasteiger charge is -2.35. The number of ether oxygens (including phenoxy) is 2. The molecule has 0 radical (unpaired) electrons. The highest BCUT2D eigenvalue weighted by Gasteiger charge is 2.50. The fraction of sp³-hybridized carbons (Fsp3) is 0.625. The Balaban J connectivity index is 2.25. The molecule has 1 amide bonds. The van der Waals surface area contributed by atoms with Crippen molar-refractivity contribution in [1.29, 1.82) is 0 Å². The SMILES string of the molecule is CCCCCC[C@@H](C)NC(=O)CC1(c2ccc(OC)c(OC)c2)C(=O)CCCC1=O. The van der Waals surface area contributed by atoms with Crippen LogP contribution in [-0.4, -0.2) is 37.7 Å². The van der Waals surface area contributed by atoms with E-state index >= 15 is 0 Å². The summed E-state index contributed by atoms with van der Waals surface area (Å²) in [4.78, 5) is 39.0. The number of hydrogen-bond donors (Lipinski definition) is 1. The van der Waals surface area contributed by atoms with E-state index in [-0.39, 0.29) is 29.9 Å². The Morgan fingerprint density at radius 3 is 2.33 bits per heavy atom. The van der Waals surface area contributed by atoms with Crippen LogP contribution >= 0.6 is 0 Å². The van der Waals surface area contributed by atoms with Crippen molar-refractivity contribution in [3.05, 3.63) is 23.8 Å². The van der Waals surface area contributed by atoms with Gasteiger partial charge in [0, 0.05) is 18.9 Å². The van der Waals surface area contributed by atoms with Crippen LogP contribution in [-0.2, 0) is 19.8 Å². The minimum absolute atomic E-state index is 0.00519. The van der Waals surface area contributed by atoms with Crippen LogP contribution in [0.1, 0.15) is 77.2 Å². The zero-order valence-electron chi connectivity index (χ0n) is 18.7. The lowest BCUT2D eigenvalue weighted by atomic mass is 9.65. The highest BCUT2D eigenvalue weighted by Crippen LogP contribution is 2.40. The monoisotopic (exact) mass is 417 g/mol. The van der Waals surface area contributed by atoms with Crippen molar-refractivity contribution in [3.63, 3.8) is 0 Å². The van der Waals surface area contributed by atoms with Crippen LogP contribution in [0.2, 0.25) is 0 Å². The third kappa shape index (κ3) is 5.41. The second-order valence-corrected chi connectivity index (χ2v) is 8.17. The van der Waals surface area contributed by atoms with Crippen LogP contribution in [0.4, 0.5) is 0 Å². The molecule has 1 aliphatic carbocycles. The summed E-state index contributed by atoms with van der Waals surface area (Å²) in [6.45, 7) is 4.13. The number of unbranched alkanes of at least 4 members (excludes halogenated alkanes) is 3. The molecular formula is C24H35NO5. The molecule has 0 unspecified atom stereocenters. The highest BCUT2D eigenvalue weighted by atomic mass is 16.5. The van der Waals surface area contributed by atoms with Gasteiger partial charge in [-0.15, -0.1) is 0 Å². The van der Waals surface area contributed by atoms with E-state index in [9.17, 15) is 14.4 Å². The summed E-state index contributed by atoms with van der Waals surface area (Å²) in [7, 11) is 3.03. The first kappa shape index (κ1) is 23.9. The summed E-state index contributed by atoms with van der Waals surface area (Å²) < 4.78 is 10.6. The number of rotatable bonds is 11. The number of nitrogens with one attached hydrogen (secondary N) is 1. The molecule has 0 saturated heterocycles. The molecule has 1 N–H and O–H groups in total. The number of benzene rings is 1. The first-order valence-electron chi connectivity index (χ1n) is 11.0. The number of carbonyl (C=O) groups excluding carboxylic acids is 3. The van der Waals surface area contributed by atoms with Gasteiger partial charge in [-0.05, 0) is 37.5 Å². The van der Waals surface area contributed by atoms with Gasteiger partial charge in [-0.3, -0.25) is 14.4 Å². The zero-order valence-corrected chi connectivity index (χ0v) is 18.7. The quantitative estimate of drug-likeness (QED) is 0.432. The lowest BCUT2D eigenvalue weighted by molar-refractivity contribution is -0.142. The van der Waals surface area contributed by atoms with E-state index < -0.39 is 5.41 Å². The van der Waals surface area contributed by atoms with Gasteiger partial charge in [0.1, 0.15) is 5.41 Å². The summed E-state index contributed by atoms with van der Waals surface area (Å²) in [5.74, 6) is 0.285. The highest BCUT2D eigenvalue weighted by molar-refractivity contribution is 6.16. The van der Waals surface area contributed by atoms with Gasteiger partial charge >= 0.3 is 0 Å². The number of methoxy groups -OCH3 is 2. The number of Topliss-reactive ketones (excluding diaryl/α,β-unsaturated/α-hetero) is 2. The topological polar surface area (TPSA) is 81.7 Å². The molecule has 2 rings (SSSR count). The van der Waals surface area contributed by atoms with Gasteiger partial charge in [0.2, 0.25) is 5.91 Å². The van der Waals surface area contributed by atoms with Crippen molar-refractivity contribution < 1.29 is 23.9 Å². The molecule has 30 heavy (non-hydrogen) atoms. The molecule has 1 aromatic carbocycles. The summed E-state index contributed by atoms with van der Waals surface area (Å²) in [5.41, 5.74) is -0.954. The summed E-state index contributed by atoms with van der Waals surface area (Å²) >= 11 is 0. The standard InChI is InChI=1S/C24H35NO5/c1-5-6-7-8-10-17(2)25-23(28)16-24(21(26)11-9-12-22(24)27)18-13-14-19(29-3)20(15-18)30-4/h13-15,17H,5-12,16H2,1-4H3,(H,25,28)/t17-/m1/s1. The van der Waals surface area contributed by atoms with E-state index in [0.717, 1.165) is 19.3 Å². The molecule has 6 heteroatoms. The maximum Gasteiger partial charge on any atom is 0.222 e. The van der Waals surface area contributed by atoms with Crippen LogP contribution in [0.15, 0.2) is 18.2 Å². The van der Waals surface area contributed by atoms with Gasteiger partial charge < -0.3 is 14.8 Å². The molecule has 0 spiro atoms. The Hall–Kier alpha value is -2.37. The van der Waals surface area contributed by atoms with Gasteiger partial charge in [0.15, 0.2) is 23.1 Å². The van der Waals surface area contributed by atoms with Crippen LogP contribution in [0.3, 0.4) is 0 Å². The Morgan fingerprint density at radius 1 is 1.07 bits per heavy atom. The summed E-state index contributed by atoms with van der Waals surface area (Å²) in [6, 6.07) is 5.04.